The Hall–Kier alpha value is 0.457. The molecule has 0 amide bonds. The van der Waals surface area contributed by atoms with Crippen molar-refractivity contribution in [1.29, 1.82) is 0 Å². The number of allylic oxidation sites excluding steroid dienone is 1. The molecule has 0 bridgehead atoms. The second kappa shape index (κ2) is 16.0. The van der Waals surface area contributed by atoms with Gasteiger partial charge < -0.3 is 5.11 Å². The molecule has 2 nitrogen and oxygen atoms in total. The SMILES string of the molecule is C/C(=C\C(=O)O)CCC[C@H](C)CCC[C@H](C)CCCC(C)C.[Er]. The van der Waals surface area contributed by atoms with Crippen LogP contribution in [-0.2, 0) is 4.79 Å². The summed E-state index contributed by atoms with van der Waals surface area (Å²) < 4.78 is 0. The number of carbonyl (C=O) groups is 1. The second-order valence-electron chi connectivity index (χ2n) is 7.69. The molecule has 0 aromatic rings. The number of carboxylic acids is 1. The molecular weight excluding hydrogens is 439 g/mol. The molecule has 0 radical (unpaired) electrons. The standard InChI is InChI=1S/C20H38O2.Er/c1-16(2)9-6-10-17(3)11-7-12-18(4)13-8-14-19(5)15-20(21)22;/h15-18H,6-14H2,1-5H3,(H,21,22);/b19-15+;/t17-,18-;/m1./s1. The molecule has 3 heteroatoms. The first-order valence-corrected chi connectivity index (χ1v) is 9.21. The normalized spacial score (nSPS) is 14.4. The monoisotopic (exact) mass is 476 g/mol. The molecule has 0 aliphatic heterocycles. The van der Waals surface area contributed by atoms with Crippen LogP contribution in [0.1, 0.15) is 92.4 Å². The molecule has 0 aromatic carbocycles. The first-order chi connectivity index (χ1) is 10.3. The van der Waals surface area contributed by atoms with Gasteiger partial charge in [0.05, 0.1) is 0 Å². The average molecular weight is 478 g/mol. The van der Waals surface area contributed by atoms with E-state index in [9.17, 15) is 4.79 Å². The first kappa shape index (κ1) is 25.7. The van der Waals surface area contributed by atoms with E-state index in [2.05, 4.69) is 27.7 Å². The Morgan fingerprint density at radius 1 is 0.870 bits per heavy atom. The third-order valence-corrected chi connectivity index (χ3v) is 4.51. The van der Waals surface area contributed by atoms with Gasteiger partial charge in [-0.25, -0.2) is 4.79 Å². The molecule has 23 heavy (non-hydrogen) atoms. The van der Waals surface area contributed by atoms with Crippen molar-refractivity contribution in [2.45, 2.75) is 92.4 Å². The molecule has 2 atom stereocenters. The summed E-state index contributed by atoms with van der Waals surface area (Å²) in [6, 6.07) is 0. The van der Waals surface area contributed by atoms with Gasteiger partial charge in [0.15, 0.2) is 0 Å². The smallest absolute Gasteiger partial charge is 0.328 e. The zero-order chi connectivity index (χ0) is 17.0. The van der Waals surface area contributed by atoms with Crippen molar-refractivity contribution in [2.24, 2.45) is 17.8 Å². The van der Waals surface area contributed by atoms with Gasteiger partial charge in [0, 0.05) is 43.4 Å². The summed E-state index contributed by atoms with van der Waals surface area (Å²) in [6.07, 6.45) is 12.7. The van der Waals surface area contributed by atoms with Crippen LogP contribution >= 0.6 is 0 Å². The number of carboxylic acid groups (broad SMARTS) is 1. The maximum atomic E-state index is 10.5. The van der Waals surface area contributed by atoms with Crippen molar-refractivity contribution < 1.29 is 47.2 Å². The minimum Gasteiger partial charge on any atom is -0.478 e. The first-order valence-electron chi connectivity index (χ1n) is 9.21. The van der Waals surface area contributed by atoms with E-state index < -0.39 is 5.97 Å². The third kappa shape index (κ3) is 18.6. The van der Waals surface area contributed by atoms with Gasteiger partial charge >= 0.3 is 5.97 Å². The van der Waals surface area contributed by atoms with Crippen LogP contribution in [0.4, 0.5) is 0 Å². The van der Waals surface area contributed by atoms with Crippen LogP contribution < -0.4 is 0 Å². The van der Waals surface area contributed by atoms with Gasteiger partial charge in [-0.05, 0) is 37.5 Å². The number of hydrogen-bond acceptors (Lipinski definition) is 1. The van der Waals surface area contributed by atoms with Crippen molar-refractivity contribution in [3.05, 3.63) is 11.6 Å². The van der Waals surface area contributed by atoms with Crippen LogP contribution in [0.3, 0.4) is 0 Å². The van der Waals surface area contributed by atoms with Crippen LogP contribution in [-0.4, -0.2) is 11.1 Å². The van der Waals surface area contributed by atoms with Gasteiger partial charge in [0.1, 0.15) is 0 Å². The van der Waals surface area contributed by atoms with Crippen LogP contribution in [0.5, 0.6) is 0 Å². The Balaban J connectivity index is 0. The number of rotatable bonds is 13. The molecule has 0 rings (SSSR count). The van der Waals surface area contributed by atoms with E-state index in [1.807, 2.05) is 6.92 Å². The van der Waals surface area contributed by atoms with Crippen LogP contribution in [0.15, 0.2) is 11.6 Å². The molecule has 0 aromatic heterocycles. The molecule has 142 valence electrons. The summed E-state index contributed by atoms with van der Waals surface area (Å²) in [5.41, 5.74) is 0.985. The maximum Gasteiger partial charge on any atom is 0.328 e. The van der Waals surface area contributed by atoms with Gasteiger partial charge in [-0.3, -0.25) is 0 Å². The molecule has 0 fully saturated rings. The predicted molar refractivity (Wildman–Crippen MR) is 96.1 cm³/mol. The fourth-order valence-corrected chi connectivity index (χ4v) is 2.99. The summed E-state index contributed by atoms with van der Waals surface area (Å²) in [5.74, 6) is 1.65. The van der Waals surface area contributed by atoms with E-state index in [0.717, 1.165) is 36.2 Å². The predicted octanol–water partition coefficient (Wildman–Crippen LogP) is 6.46. The fraction of sp³-hybridized carbons (Fsp3) is 0.850. The molecule has 1 N–H and O–H groups in total. The summed E-state index contributed by atoms with van der Waals surface area (Å²) in [6.45, 7) is 11.3. The van der Waals surface area contributed by atoms with Gasteiger partial charge in [-0.2, -0.15) is 0 Å². The maximum absolute atomic E-state index is 10.5. The van der Waals surface area contributed by atoms with E-state index in [0.29, 0.717) is 0 Å². The molecule has 0 aliphatic carbocycles. The van der Waals surface area contributed by atoms with Crippen molar-refractivity contribution in [2.75, 3.05) is 0 Å². The minimum absolute atomic E-state index is 0. The molecular formula is C20H38ErO2. The molecule has 0 unspecified atom stereocenters. The third-order valence-electron chi connectivity index (χ3n) is 4.51. The summed E-state index contributed by atoms with van der Waals surface area (Å²) in [4.78, 5) is 10.5. The molecule has 0 heterocycles. The number of hydrogen-bond donors (Lipinski definition) is 1. The van der Waals surface area contributed by atoms with Gasteiger partial charge in [0.25, 0.3) is 0 Å². The topological polar surface area (TPSA) is 37.3 Å². The largest absolute Gasteiger partial charge is 0.478 e. The van der Waals surface area contributed by atoms with E-state index in [1.165, 1.54) is 51.0 Å². The minimum atomic E-state index is -0.822. The molecule has 0 spiro atoms. The van der Waals surface area contributed by atoms with E-state index in [-0.39, 0.29) is 37.3 Å². The van der Waals surface area contributed by atoms with Crippen molar-refractivity contribution in [3.8, 4) is 0 Å². The van der Waals surface area contributed by atoms with Crippen molar-refractivity contribution in [1.82, 2.24) is 0 Å². The van der Waals surface area contributed by atoms with Crippen molar-refractivity contribution in [3.63, 3.8) is 0 Å². The van der Waals surface area contributed by atoms with Gasteiger partial charge in [-0.15, -0.1) is 0 Å². The Labute approximate surface area is 174 Å². The Morgan fingerprint density at radius 2 is 1.30 bits per heavy atom. The van der Waals surface area contributed by atoms with Crippen LogP contribution in [0, 0.1) is 55.1 Å². The fourth-order valence-electron chi connectivity index (χ4n) is 2.99. The number of aliphatic carboxylic acids is 1. The van der Waals surface area contributed by atoms with E-state index >= 15 is 0 Å². The summed E-state index contributed by atoms with van der Waals surface area (Å²) >= 11 is 0. The summed E-state index contributed by atoms with van der Waals surface area (Å²) in [7, 11) is 0. The van der Waals surface area contributed by atoms with E-state index in [1.54, 1.807) is 0 Å². The van der Waals surface area contributed by atoms with Crippen LogP contribution in [0.25, 0.3) is 0 Å². The Kier molecular flexibility index (Phi) is 17.8. The zero-order valence-electron chi connectivity index (χ0n) is 15.8. The molecule has 0 aliphatic rings. The molecule has 0 saturated carbocycles. The summed E-state index contributed by atoms with van der Waals surface area (Å²) in [5, 5.41) is 8.68. The van der Waals surface area contributed by atoms with E-state index in [4.69, 9.17) is 5.11 Å². The second-order valence-corrected chi connectivity index (χ2v) is 7.69. The zero-order valence-corrected chi connectivity index (χ0v) is 17.7. The Bertz CT molecular complexity index is 324. The quantitative estimate of drug-likeness (QED) is 0.309. The van der Waals surface area contributed by atoms with Crippen LogP contribution in [0.2, 0.25) is 0 Å². The average Bonchev–Trinajstić information content (AvgIpc) is 2.37. The van der Waals surface area contributed by atoms with Crippen molar-refractivity contribution >= 4 is 5.97 Å². The molecule has 0 saturated heterocycles. The van der Waals surface area contributed by atoms with Gasteiger partial charge in [0.2, 0.25) is 0 Å². The Morgan fingerprint density at radius 3 is 1.74 bits per heavy atom. The van der Waals surface area contributed by atoms with Gasteiger partial charge in [-0.1, -0.05) is 78.2 Å².